The van der Waals surface area contributed by atoms with Crippen molar-refractivity contribution in [1.29, 1.82) is 0 Å². The van der Waals surface area contributed by atoms with E-state index >= 15 is 0 Å². The number of nitrogens with one attached hydrogen (secondary N) is 1. The van der Waals surface area contributed by atoms with E-state index in [1.807, 2.05) is 0 Å². The number of hydrogen-bond donors (Lipinski definition) is 1. The van der Waals surface area contributed by atoms with Crippen LogP contribution in [-0.2, 0) is 4.79 Å². The fourth-order valence-electron chi connectivity index (χ4n) is 2.12. The summed E-state index contributed by atoms with van der Waals surface area (Å²) in [7, 11) is 0. The SMILES string of the molecule is C[C@@H](Oc1ccc([N+](=O)[O-])cc1)C(=O)Nc1ccc2c(c1)OCO2. The van der Waals surface area contributed by atoms with Crippen molar-refractivity contribution in [3.8, 4) is 17.2 Å². The molecule has 3 rings (SSSR count). The van der Waals surface area contributed by atoms with Gasteiger partial charge < -0.3 is 19.5 Å². The summed E-state index contributed by atoms with van der Waals surface area (Å²) in [6.45, 7) is 1.75. The van der Waals surface area contributed by atoms with Gasteiger partial charge in [-0.1, -0.05) is 0 Å². The third-order valence-corrected chi connectivity index (χ3v) is 3.37. The summed E-state index contributed by atoms with van der Waals surface area (Å²) < 4.78 is 15.9. The van der Waals surface area contributed by atoms with Crippen LogP contribution in [0.2, 0.25) is 0 Å². The minimum absolute atomic E-state index is 0.0418. The monoisotopic (exact) mass is 330 g/mol. The first-order valence-electron chi connectivity index (χ1n) is 7.14. The van der Waals surface area contributed by atoms with E-state index in [0.29, 0.717) is 22.9 Å². The molecule has 0 fully saturated rings. The molecule has 0 aromatic heterocycles. The average molecular weight is 330 g/mol. The van der Waals surface area contributed by atoms with Crippen LogP contribution in [0.25, 0.3) is 0 Å². The minimum Gasteiger partial charge on any atom is -0.481 e. The molecule has 0 aliphatic carbocycles. The highest BCUT2D eigenvalue weighted by atomic mass is 16.7. The van der Waals surface area contributed by atoms with E-state index < -0.39 is 11.0 Å². The highest BCUT2D eigenvalue weighted by Gasteiger charge is 2.18. The van der Waals surface area contributed by atoms with Crippen LogP contribution in [0.4, 0.5) is 11.4 Å². The van der Waals surface area contributed by atoms with Crippen molar-refractivity contribution in [2.45, 2.75) is 13.0 Å². The van der Waals surface area contributed by atoms with Gasteiger partial charge in [-0.05, 0) is 31.2 Å². The summed E-state index contributed by atoms with van der Waals surface area (Å²) in [5.41, 5.74) is 0.517. The van der Waals surface area contributed by atoms with Crippen molar-refractivity contribution >= 4 is 17.3 Å². The van der Waals surface area contributed by atoms with Crippen molar-refractivity contribution < 1.29 is 23.9 Å². The molecule has 1 heterocycles. The van der Waals surface area contributed by atoms with Crippen LogP contribution in [0.3, 0.4) is 0 Å². The summed E-state index contributed by atoms with van der Waals surface area (Å²) in [6.07, 6.45) is -0.781. The second-order valence-corrected chi connectivity index (χ2v) is 5.07. The summed E-state index contributed by atoms with van der Waals surface area (Å²) in [5.74, 6) is 1.21. The van der Waals surface area contributed by atoms with E-state index in [1.165, 1.54) is 24.3 Å². The molecule has 0 bridgehead atoms. The first kappa shape index (κ1) is 15.6. The highest BCUT2D eigenvalue weighted by Crippen LogP contribution is 2.34. The molecule has 0 saturated heterocycles. The number of non-ortho nitro benzene ring substituents is 1. The Bertz CT molecular complexity index is 775. The van der Waals surface area contributed by atoms with E-state index in [4.69, 9.17) is 14.2 Å². The number of ether oxygens (including phenoxy) is 3. The van der Waals surface area contributed by atoms with Crippen LogP contribution in [-0.4, -0.2) is 23.7 Å². The molecule has 8 nitrogen and oxygen atoms in total. The number of rotatable bonds is 5. The molecule has 1 aliphatic rings. The van der Waals surface area contributed by atoms with Gasteiger partial charge in [-0.3, -0.25) is 14.9 Å². The number of carbonyl (C=O) groups excluding carboxylic acids is 1. The highest BCUT2D eigenvalue weighted by molar-refractivity contribution is 5.94. The number of anilines is 1. The zero-order chi connectivity index (χ0) is 17.1. The van der Waals surface area contributed by atoms with Crippen molar-refractivity contribution in [2.75, 3.05) is 12.1 Å². The normalized spacial score (nSPS) is 13.2. The second-order valence-electron chi connectivity index (χ2n) is 5.07. The summed E-state index contributed by atoms with van der Waals surface area (Å²) in [4.78, 5) is 22.3. The lowest BCUT2D eigenvalue weighted by Crippen LogP contribution is -2.30. The molecule has 24 heavy (non-hydrogen) atoms. The number of nitro groups is 1. The Morgan fingerprint density at radius 1 is 1.21 bits per heavy atom. The third-order valence-electron chi connectivity index (χ3n) is 3.37. The van der Waals surface area contributed by atoms with Gasteiger partial charge in [0.05, 0.1) is 4.92 Å². The molecule has 2 aromatic rings. The van der Waals surface area contributed by atoms with Gasteiger partial charge in [-0.15, -0.1) is 0 Å². The molecule has 1 atom stereocenters. The number of fused-ring (bicyclic) bond motifs is 1. The van der Waals surface area contributed by atoms with E-state index in [1.54, 1.807) is 25.1 Å². The topological polar surface area (TPSA) is 99.9 Å². The predicted octanol–water partition coefficient (Wildman–Crippen LogP) is 2.73. The number of benzene rings is 2. The van der Waals surface area contributed by atoms with E-state index in [2.05, 4.69) is 5.32 Å². The molecule has 124 valence electrons. The molecular formula is C16H14N2O6. The van der Waals surface area contributed by atoms with Gasteiger partial charge in [-0.2, -0.15) is 0 Å². The molecule has 0 unspecified atom stereocenters. The number of hydrogen-bond acceptors (Lipinski definition) is 6. The first-order chi connectivity index (χ1) is 11.5. The van der Waals surface area contributed by atoms with E-state index in [0.717, 1.165) is 0 Å². The van der Waals surface area contributed by atoms with Crippen LogP contribution in [0, 0.1) is 10.1 Å². The molecule has 1 N–H and O–H groups in total. The van der Waals surface area contributed by atoms with Crippen LogP contribution in [0.15, 0.2) is 42.5 Å². The Balaban J connectivity index is 1.61. The lowest BCUT2D eigenvalue weighted by Gasteiger charge is -2.14. The van der Waals surface area contributed by atoms with Gasteiger partial charge in [0.15, 0.2) is 17.6 Å². The molecule has 1 aliphatic heterocycles. The van der Waals surface area contributed by atoms with Gasteiger partial charge in [0.2, 0.25) is 6.79 Å². The predicted molar refractivity (Wildman–Crippen MR) is 84.4 cm³/mol. The maximum Gasteiger partial charge on any atom is 0.269 e. The van der Waals surface area contributed by atoms with Gasteiger partial charge in [0.1, 0.15) is 5.75 Å². The average Bonchev–Trinajstić information content (AvgIpc) is 3.03. The Morgan fingerprint density at radius 3 is 2.62 bits per heavy atom. The molecule has 8 heteroatoms. The van der Waals surface area contributed by atoms with E-state index in [-0.39, 0.29) is 18.4 Å². The Kier molecular flexibility index (Phi) is 4.19. The third kappa shape index (κ3) is 3.37. The zero-order valence-electron chi connectivity index (χ0n) is 12.7. The largest absolute Gasteiger partial charge is 0.481 e. The van der Waals surface area contributed by atoms with Crippen LogP contribution >= 0.6 is 0 Å². The van der Waals surface area contributed by atoms with E-state index in [9.17, 15) is 14.9 Å². The van der Waals surface area contributed by atoms with Crippen molar-refractivity contribution in [2.24, 2.45) is 0 Å². The van der Waals surface area contributed by atoms with Crippen LogP contribution < -0.4 is 19.5 Å². The first-order valence-corrected chi connectivity index (χ1v) is 7.14. The molecule has 0 saturated carbocycles. The molecule has 1 amide bonds. The Morgan fingerprint density at radius 2 is 1.92 bits per heavy atom. The van der Waals surface area contributed by atoms with Crippen molar-refractivity contribution in [3.63, 3.8) is 0 Å². The van der Waals surface area contributed by atoms with Gasteiger partial charge in [0.25, 0.3) is 11.6 Å². The van der Waals surface area contributed by atoms with Gasteiger partial charge in [0, 0.05) is 23.9 Å². The van der Waals surface area contributed by atoms with Crippen molar-refractivity contribution in [3.05, 3.63) is 52.6 Å². The van der Waals surface area contributed by atoms with Gasteiger partial charge in [-0.25, -0.2) is 0 Å². The quantitative estimate of drug-likeness (QED) is 0.668. The Hall–Kier alpha value is -3.29. The number of nitro benzene ring substituents is 1. The fourth-order valence-corrected chi connectivity index (χ4v) is 2.12. The maximum absolute atomic E-state index is 12.2. The summed E-state index contributed by atoms with van der Waals surface area (Å²) in [6, 6.07) is 10.6. The number of amides is 1. The lowest BCUT2D eigenvalue weighted by atomic mass is 10.2. The molecule has 0 spiro atoms. The van der Waals surface area contributed by atoms with Crippen molar-refractivity contribution in [1.82, 2.24) is 0 Å². The Labute approximate surface area is 137 Å². The van der Waals surface area contributed by atoms with Gasteiger partial charge >= 0.3 is 0 Å². The lowest BCUT2D eigenvalue weighted by molar-refractivity contribution is -0.384. The molecule has 2 aromatic carbocycles. The fraction of sp³-hybridized carbons (Fsp3) is 0.188. The van der Waals surface area contributed by atoms with Crippen LogP contribution in [0.1, 0.15) is 6.92 Å². The van der Waals surface area contributed by atoms with Crippen LogP contribution in [0.5, 0.6) is 17.2 Å². The molecule has 0 radical (unpaired) electrons. The minimum atomic E-state index is -0.781. The summed E-state index contributed by atoms with van der Waals surface area (Å²) >= 11 is 0. The molecular weight excluding hydrogens is 316 g/mol. The number of nitrogens with zero attached hydrogens (tertiary/aromatic N) is 1. The smallest absolute Gasteiger partial charge is 0.269 e. The second kappa shape index (κ2) is 6.45. The standard InChI is InChI=1S/C16H14N2O6/c1-10(24-13-5-3-12(4-6-13)18(20)21)16(19)17-11-2-7-14-15(8-11)23-9-22-14/h2-8,10H,9H2,1H3,(H,17,19)/t10-/m1/s1. The summed E-state index contributed by atoms with van der Waals surface area (Å²) in [5, 5.41) is 13.3. The zero-order valence-corrected chi connectivity index (χ0v) is 12.7. The maximum atomic E-state index is 12.2. The number of carbonyl (C=O) groups is 1.